The molecule has 3 amide bonds. The minimum atomic E-state index is 0.0849. The monoisotopic (exact) mass is 479 g/mol. The average Bonchev–Trinajstić information content (AvgIpc) is 3.25. The Bertz CT molecular complexity index is 889. The molecule has 1 N–H and O–H groups in total. The third-order valence-electron chi connectivity index (χ3n) is 9.86. The Labute approximate surface area is 209 Å². The number of piperidine rings is 1. The third kappa shape index (κ3) is 4.90. The van der Waals surface area contributed by atoms with Gasteiger partial charge in [-0.1, -0.05) is 18.2 Å². The summed E-state index contributed by atoms with van der Waals surface area (Å²) >= 11 is 0. The minimum Gasteiger partial charge on any atom is -0.494 e. The number of urea groups is 1. The zero-order valence-corrected chi connectivity index (χ0v) is 21.1. The lowest BCUT2D eigenvalue weighted by Gasteiger charge is -2.57. The number of hydrogen-bond acceptors (Lipinski definition) is 3. The molecular weight excluding hydrogens is 438 g/mol. The number of likely N-dealkylation sites (tertiary alicyclic amines) is 2. The summed E-state index contributed by atoms with van der Waals surface area (Å²) in [5.74, 6) is 3.64. The lowest BCUT2D eigenvalue weighted by molar-refractivity contribution is -0.133. The van der Waals surface area contributed by atoms with Crippen molar-refractivity contribution < 1.29 is 14.3 Å². The quantitative estimate of drug-likeness (QED) is 0.594. The maximum absolute atomic E-state index is 13.3. The fourth-order valence-corrected chi connectivity index (χ4v) is 8.40. The van der Waals surface area contributed by atoms with Crippen molar-refractivity contribution in [2.45, 2.75) is 76.2 Å². The van der Waals surface area contributed by atoms with Crippen molar-refractivity contribution in [1.29, 1.82) is 0 Å². The zero-order chi connectivity index (χ0) is 23.9. The Kier molecular flexibility index (Phi) is 6.18. The highest BCUT2D eigenvalue weighted by Gasteiger charge is 2.52. The Morgan fingerprint density at radius 2 is 1.49 bits per heavy atom. The molecule has 4 saturated carbocycles. The number of nitrogens with one attached hydrogen (secondary N) is 1. The number of rotatable bonds is 6. The number of carbonyl (C=O) groups excluding carboxylic acids is 2. The first-order valence-electron chi connectivity index (χ1n) is 14.0. The van der Waals surface area contributed by atoms with E-state index in [0.717, 1.165) is 75.4 Å². The molecule has 2 heterocycles. The number of para-hydroxylation sites is 1. The predicted molar refractivity (Wildman–Crippen MR) is 135 cm³/mol. The Morgan fingerprint density at radius 1 is 0.886 bits per heavy atom. The average molecular weight is 480 g/mol. The van der Waals surface area contributed by atoms with E-state index in [1.807, 2.05) is 35.2 Å². The van der Waals surface area contributed by atoms with Crippen LogP contribution in [-0.4, -0.2) is 60.1 Å². The second-order valence-corrected chi connectivity index (χ2v) is 12.4. The second-order valence-electron chi connectivity index (χ2n) is 12.4. The van der Waals surface area contributed by atoms with Crippen molar-refractivity contribution in [2.24, 2.45) is 23.2 Å². The van der Waals surface area contributed by atoms with Gasteiger partial charge in [-0.3, -0.25) is 4.79 Å². The van der Waals surface area contributed by atoms with Gasteiger partial charge in [0.1, 0.15) is 5.75 Å². The molecule has 190 valence electrons. The van der Waals surface area contributed by atoms with E-state index in [4.69, 9.17) is 4.74 Å². The second kappa shape index (κ2) is 9.33. The molecular formula is C29H41N3O3. The molecule has 4 aliphatic carbocycles. The third-order valence-corrected chi connectivity index (χ3v) is 9.86. The molecule has 6 nitrogen and oxygen atoms in total. The van der Waals surface area contributed by atoms with Crippen molar-refractivity contribution in [3.8, 4) is 5.75 Å². The van der Waals surface area contributed by atoms with E-state index in [2.05, 4.69) is 10.2 Å². The highest BCUT2D eigenvalue weighted by atomic mass is 16.5. The summed E-state index contributed by atoms with van der Waals surface area (Å²) in [4.78, 5) is 30.2. The van der Waals surface area contributed by atoms with Gasteiger partial charge >= 0.3 is 6.03 Å². The zero-order valence-electron chi connectivity index (χ0n) is 21.1. The highest BCUT2D eigenvalue weighted by molar-refractivity contribution is 5.76. The van der Waals surface area contributed by atoms with E-state index in [1.54, 1.807) is 0 Å². The maximum Gasteiger partial charge on any atom is 0.317 e. The normalized spacial score (nSPS) is 32.7. The topological polar surface area (TPSA) is 61.9 Å². The smallest absolute Gasteiger partial charge is 0.317 e. The van der Waals surface area contributed by atoms with Crippen LogP contribution in [0.2, 0.25) is 0 Å². The molecule has 1 spiro atoms. The molecule has 6 aliphatic rings. The number of amides is 3. The lowest BCUT2D eigenvalue weighted by Crippen LogP contribution is -2.61. The van der Waals surface area contributed by atoms with Crippen molar-refractivity contribution >= 4 is 11.9 Å². The highest BCUT2D eigenvalue weighted by Crippen LogP contribution is 2.55. The molecule has 0 unspecified atom stereocenters. The molecule has 0 aromatic heterocycles. The van der Waals surface area contributed by atoms with Crippen molar-refractivity contribution in [2.75, 3.05) is 32.8 Å². The molecule has 7 rings (SSSR count). The standard InChI is InChI=1S/C29H41N3O3/c33-26(7-4-14-35-25-5-2-1-3-6-25)31-11-8-28(9-12-31)10-13-32(21-28)27(34)30-29-18-22-15-23(19-29)17-24(16-22)20-29/h1-3,5-6,22-24H,4,7-21H2,(H,30,34). The Morgan fingerprint density at radius 3 is 2.11 bits per heavy atom. The van der Waals surface area contributed by atoms with E-state index in [-0.39, 0.29) is 22.9 Å². The van der Waals surface area contributed by atoms with Crippen LogP contribution in [0.3, 0.4) is 0 Å². The number of carbonyl (C=O) groups is 2. The molecule has 0 atom stereocenters. The summed E-state index contributed by atoms with van der Waals surface area (Å²) in [6.07, 6.45) is 12.2. The molecule has 2 aliphatic heterocycles. The van der Waals surface area contributed by atoms with Crippen LogP contribution in [0.5, 0.6) is 5.75 Å². The van der Waals surface area contributed by atoms with Gasteiger partial charge in [0.05, 0.1) is 6.61 Å². The Balaban J connectivity index is 0.943. The lowest BCUT2D eigenvalue weighted by atomic mass is 9.53. The molecule has 2 saturated heterocycles. The summed E-state index contributed by atoms with van der Waals surface area (Å²) in [5.41, 5.74) is 0.285. The van der Waals surface area contributed by atoms with Crippen LogP contribution in [0.15, 0.2) is 30.3 Å². The maximum atomic E-state index is 13.3. The molecule has 1 aromatic rings. The van der Waals surface area contributed by atoms with E-state index in [1.165, 1.54) is 38.5 Å². The van der Waals surface area contributed by atoms with Crippen LogP contribution in [-0.2, 0) is 4.79 Å². The molecule has 6 heteroatoms. The molecule has 6 fully saturated rings. The fourth-order valence-electron chi connectivity index (χ4n) is 8.40. The SMILES string of the molecule is O=C(CCCOc1ccccc1)N1CCC2(CC1)CCN(C(=O)NC13CC4CC(CC(C4)C1)C3)C2. The number of hydrogen-bond donors (Lipinski definition) is 1. The van der Waals surface area contributed by atoms with Gasteiger partial charge in [-0.15, -0.1) is 0 Å². The predicted octanol–water partition coefficient (Wildman–Crippen LogP) is 4.84. The van der Waals surface area contributed by atoms with Gasteiger partial charge in [0, 0.05) is 38.1 Å². The number of ether oxygens (including phenoxy) is 1. The van der Waals surface area contributed by atoms with E-state index < -0.39 is 0 Å². The summed E-state index contributed by atoms with van der Waals surface area (Å²) in [5, 5.41) is 3.57. The summed E-state index contributed by atoms with van der Waals surface area (Å²) < 4.78 is 5.73. The molecule has 1 aromatic carbocycles. The number of nitrogens with zero attached hydrogens (tertiary/aromatic N) is 2. The van der Waals surface area contributed by atoms with Crippen LogP contribution in [0.25, 0.3) is 0 Å². The van der Waals surface area contributed by atoms with Crippen molar-refractivity contribution in [3.63, 3.8) is 0 Å². The van der Waals surface area contributed by atoms with Crippen molar-refractivity contribution in [3.05, 3.63) is 30.3 Å². The van der Waals surface area contributed by atoms with E-state index in [9.17, 15) is 9.59 Å². The molecule has 4 bridgehead atoms. The summed E-state index contributed by atoms with van der Waals surface area (Å²) in [6.45, 7) is 3.94. The fraction of sp³-hybridized carbons (Fsp3) is 0.724. The minimum absolute atomic E-state index is 0.0849. The summed E-state index contributed by atoms with van der Waals surface area (Å²) in [7, 11) is 0. The summed E-state index contributed by atoms with van der Waals surface area (Å²) in [6, 6.07) is 9.96. The van der Waals surface area contributed by atoms with Crippen LogP contribution in [0.1, 0.15) is 70.6 Å². The van der Waals surface area contributed by atoms with Gasteiger partial charge in [-0.05, 0) is 99.5 Å². The van der Waals surface area contributed by atoms with Gasteiger partial charge < -0.3 is 19.9 Å². The van der Waals surface area contributed by atoms with E-state index in [0.29, 0.717) is 13.0 Å². The van der Waals surface area contributed by atoms with Gasteiger partial charge in [0.2, 0.25) is 5.91 Å². The first-order chi connectivity index (χ1) is 17.0. The van der Waals surface area contributed by atoms with Crippen LogP contribution in [0, 0.1) is 23.2 Å². The number of benzene rings is 1. The molecule has 0 radical (unpaired) electrons. The van der Waals surface area contributed by atoms with E-state index >= 15 is 0 Å². The molecule has 35 heavy (non-hydrogen) atoms. The first-order valence-corrected chi connectivity index (χ1v) is 14.0. The Hall–Kier alpha value is -2.24. The first kappa shape index (κ1) is 23.2. The van der Waals surface area contributed by atoms with Crippen molar-refractivity contribution in [1.82, 2.24) is 15.1 Å². The van der Waals surface area contributed by atoms with Gasteiger partial charge in [-0.2, -0.15) is 0 Å². The van der Waals surface area contributed by atoms with Gasteiger partial charge in [0.15, 0.2) is 0 Å². The van der Waals surface area contributed by atoms with Gasteiger partial charge in [-0.25, -0.2) is 4.79 Å². The van der Waals surface area contributed by atoms with Crippen LogP contribution >= 0.6 is 0 Å². The largest absolute Gasteiger partial charge is 0.494 e. The van der Waals surface area contributed by atoms with Gasteiger partial charge in [0.25, 0.3) is 0 Å². The van der Waals surface area contributed by atoms with Crippen LogP contribution < -0.4 is 10.1 Å². The van der Waals surface area contributed by atoms with Crippen LogP contribution in [0.4, 0.5) is 4.79 Å².